The van der Waals surface area contributed by atoms with E-state index in [0.717, 1.165) is 43.3 Å². The van der Waals surface area contributed by atoms with Gasteiger partial charge in [0.25, 0.3) is 5.91 Å². The smallest absolute Gasteiger partial charge is 0.257 e. The third-order valence-electron chi connectivity index (χ3n) is 5.08. The lowest BCUT2D eigenvalue weighted by atomic mass is 10.2. The second kappa shape index (κ2) is 10.8. The molecule has 8 heteroatoms. The average molecular weight is 441 g/mol. The summed E-state index contributed by atoms with van der Waals surface area (Å²) in [4.78, 5) is 28.3. The summed E-state index contributed by atoms with van der Waals surface area (Å²) in [6.45, 7) is 7.50. The summed E-state index contributed by atoms with van der Waals surface area (Å²) in [6.07, 6.45) is 0.551. The largest absolute Gasteiger partial charge is 0.494 e. The molecular weight excluding hydrogens is 412 g/mol. The number of amides is 2. The van der Waals surface area contributed by atoms with Crippen molar-refractivity contribution in [2.24, 2.45) is 0 Å². The predicted octanol–water partition coefficient (Wildman–Crippen LogP) is 3.27. The van der Waals surface area contributed by atoms with Crippen LogP contribution in [0.5, 0.6) is 5.75 Å². The van der Waals surface area contributed by atoms with Gasteiger partial charge in [-0.25, -0.2) is 0 Å². The molecule has 1 aliphatic rings. The lowest BCUT2D eigenvalue weighted by molar-refractivity contribution is -0.131. The highest BCUT2D eigenvalue weighted by molar-refractivity contribution is 7.80. The lowest BCUT2D eigenvalue weighted by Crippen LogP contribution is -2.48. The number of thiocarbonyl (C=S) groups is 1. The van der Waals surface area contributed by atoms with Crippen LogP contribution in [0.25, 0.3) is 0 Å². The van der Waals surface area contributed by atoms with E-state index in [4.69, 9.17) is 17.0 Å². The summed E-state index contributed by atoms with van der Waals surface area (Å²) in [6, 6.07) is 14.8. The molecule has 1 saturated heterocycles. The number of piperazine rings is 1. The van der Waals surface area contributed by atoms with Crippen molar-refractivity contribution in [3.63, 3.8) is 0 Å². The van der Waals surface area contributed by atoms with Crippen LogP contribution in [0.3, 0.4) is 0 Å². The van der Waals surface area contributed by atoms with Gasteiger partial charge in [0, 0.05) is 49.5 Å². The Balaban J connectivity index is 1.49. The normalized spacial score (nSPS) is 13.5. The standard InChI is InChI=1S/C23H28N4O3S/c1-3-21(28)27-15-13-26(14-16-27)19-9-7-18(8-10-19)24-23(31)25-22(29)17-5-11-20(12-6-17)30-4-2/h5-12H,3-4,13-16H2,1-2H3,(H2,24,25,29,31). The third-order valence-corrected chi connectivity index (χ3v) is 5.28. The number of benzene rings is 2. The number of hydrogen-bond donors (Lipinski definition) is 2. The predicted molar refractivity (Wildman–Crippen MR) is 127 cm³/mol. The van der Waals surface area contributed by atoms with Gasteiger partial charge in [0.2, 0.25) is 5.91 Å². The molecule has 0 bridgehead atoms. The van der Waals surface area contributed by atoms with Crippen LogP contribution in [0.4, 0.5) is 11.4 Å². The van der Waals surface area contributed by atoms with E-state index in [1.165, 1.54) is 0 Å². The summed E-state index contributed by atoms with van der Waals surface area (Å²) in [7, 11) is 0. The Hall–Kier alpha value is -3.13. The van der Waals surface area contributed by atoms with Gasteiger partial charge in [0.15, 0.2) is 5.11 Å². The zero-order valence-corrected chi connectivity index (χ0v) is 18.7. The summed E-state index contributed by atoms with van der Waals surface area (Å²) < 4.78 is 5.38. The number of carbonyl (C=O) groups is 2. The zero-order chi connectivity index (χ0) is 22.2. The molecule has 0 atom stereocenters. The van der Waals surface area contributed by atoms with Crippen molar-refractivity contribution in [3.05, 3.63) is 54.1 Å². The minimum Gasteiger partial charge on any atom is -0.494 e. The van der Waals surface area contributed by atoms with Gasteiger partial charge in [0.05, 0.1) is 6.61 Å². The Kier molecular flexibility index (Phi) is 7.83. The fourth-order valence-corrected chi connectivity index (χ4v) is 3.61. The highest BCUT2D eigenvalue weighted by Crippen LogP contribution is 2.20. The van der Waals surface area contributed by atoms with E-state index in [1.54, 1.807) is 24.3 Å². The first-order valence-electron chi connectivity index (χ1n) is 10.5. The maximum Gasteiger partial charge on any atom is 0.257 e. The van der Waals surface area contributed by atoms with E-state index >= 15 is 0 Å². The van der Waals surface area contributed by atoms with E-state index in [-0.39, 0.29) is 16.9 Å². The van der Waals surface area contributed by atoms with Gasteiger partial charge in [-0.1, -0.05) is 6.92 Å². The molecule has 0 radical (unpaired) electrons. The van der Waals surface area contributed by atoms with E-state index in [9.17, 15) is 9.59 Å². The van der Waals surface area contributed by atoms with Crippen LogP contribution in [0, 0.1) is 0 Å². The molecule has 3 rings (SSSR count). The number of nitrogens with one attached hydrogen (secondary N) is 2. The van der Waals surface area contributed by atoms with Crippen LogP contribution in [0.1, 0.15) is 30.6 Å². The van der Waals surface area contributed by atoms with E-state index in [1.807, 2.05) is 43.0 Å². The fraction of sp³-hybridized carbons (Fsp3) is 0.348. The van der Waals surface area contributed by atoms with Gasteiger partial charge in [-0.2, -0.15) is 0 Å². The average Bonchev–Trinajstić information content (AvgIpc) is 2.80. The molecule has 0 unspecified atom stereocenters. The van der Waals surface area contributed by atoms with Gasteiger partial charge in [-0.05, 0) is 67.7 Å². The van der Waals surface area contributed by atoms with E-state index in [2.05, 4.69) is 15.5 Å². The Morgan fingerprint density at radius 1 is 0.968 bits per heavy atom. The molecule has 0 aromatic heterocycles. The highest BCUT2D eigenvalue weighted by atomic mass is 32.1. The maximum atomic E-state index is 12.4. The van der Waals surface area contributed by atoms with Crippen LogP contribution in [-0.2, 0) is 4.79 Å². The van der Waals surface area contributed by atoms with Crippen molar-refractivity contribution in [1.29, 1.82) is 0 Å². The molecule has 1 aliphatic heterocycles. The minimum atomic E-state index is -0.281. The second-order valence-corrected chi connectivity index (χ2v) is 7.54. The molecule has 7 nitrogen and oxygen atoms in total. The van der Waals surface area contributed by atoms with Crippen LogP contribution in [-0.4, -0.2) is 54.6 Å². The van der Waals surface area contributed by atoms with Crippen LogP contribution < -0.4 is 20.3 Å². The van der Waals surface area contributed by atoms with Crippen LogP contribution >= 0.6 is 12.2 Å². The van der Waals surface area contributed by atoms with Gasteiger partial charge in [-0.3, -0.25) is 14.9 Å². The van der Waals surface area contributed by atoms with Crippen LogP contribution in [0.2, 0.25) is 0 Å². The monoisotopic (exact) mass is 440 g/mol. The number of ether oxygens (including phenoxy) is 1. The van der Waals surface area contributed by atoms with Crippen molar-refractivity contribution in [2.75, 3.05) is 43.0 Å². The number of hydrogen-bond acceptors (Lipinski definition) is 5. The Morgan fingerprint density at radius 2 is 1.61 bits per heavy atom. The van der Waals surface area contributed by atoms with Crippen LogP contribution in [0.15, 0.2) is 48.5 Å². The van der Waals surface area contributed by atoms with E-state index in [0.29, 0.717) is 18.6 Å². The molecule has 0 saturated carbocycles. The molecular formula is C23H28N4O3S. The topological polar surface area (TPSA) is 73.9 Å². The highest BCUT2D eigenvalue weighted by Gasteiger charge is 2.20. The fourth-order valence-electron chi connectivity index (χ4n) is 3.40. The number of anilines is 2. The van der Waals surface area contributed by atoms with Gasteiger partial charge >= 0.3 is 0 Å². The molecule has 2 amide bonds. The molecule has 164 valence electrons. The summed E-state index contributed by atoms with van der Waals surface area (Å²) >= 11 is 5.27. The summed E-state index contributed by atoms with van der Waals surface area (Å²) in [5.74, 6) is 0.648. The molecule has 2 aromatic carbocycles. The zero-order valence-electron chi connectivity index (χ0n) is 17.9. The second-order valence-electron chi connectivity index (χ2n) is 7.13. The lowest BCUT2D eigenvalue weighted by Gasteiger charge is -2.36. The van der Waals surface area contributed by atoms with Crippen molar-refractivity contribution in [2.45, 2.75) is 20.3 Å². The van der Waals surface area contributed by atoms with Gasteiger partial charge in [-0.15, -0.1) is 0 Å². The minimum absolute atomic E-state index is 0.208. The molecule has 0 spiro atoms. The first-order valence-corrected chi connectivity index (χ1v) is 10.9. The third kappa shape index (κ3) is 6.18. The van der Waals surface area contributed by atoms with Crippen molar-refractivity contribution in [3.8, 4) is 5.75 Å². The SMILES string of the molecule is CCOc1ccc(C(=O)NC(=S)Nc2ccc(N3CCN(C(=O)CC)CC3)cc2)cc1. The summed E-state index contributed by atoms with van der Waals surface area (Å²) in [5, 5.41) is 5.96. The van der Waals surface area contributed by atoms with Gasteiger partial charge in [0.1, 0.15) is 5.75 Å². The first kappa shape index (κ1) is 22.6. The molecule has 2 N–H and O–H groups in total. The Bertz CT molecular complexity index is 907. The van der Waals surface area contributed by atoms with Crippen molar-refractivity contribution < 1.29 is 14.3 Å². The Morgan fingerprint density at radius 3 is 2.19 bits per heavy atom. The molecule has 2 aromatic rings. The van der Waals surface area contributed by atoms with Crippen molar-refractivity contribution >= 4 is 40.5 Å². The number of carbonyl (C=O) groups excluding carboxylic acids is 2. The molecule has 1 fully saturated rings. The molecule has 0 aliphatic carbocycles. The summed E-state index contributed by atoms with van der Waals surface area (Å²) in [5.41, 5.74) is 2.39. The first-order chi connectivity index (χ1) is 15.0. The maximum absolute atomic E-state index is 12.4. The van der Waals surface area contributed by atoms with E-state index < -0.39 is 0 Å². The Labute approximate surface area is 188 Å². The van der Waals surface area contributed by atoms with Crippen molar-refractivity contribution in [1.82, 2.24) is 10.2 Å². The molecule has 1 heterocycles. The van der Waals surface area contributed by atoms with Gasteiger partial charge < -0.3 is 19.9 Å². The number of nitrogens with zero attached hydrogens (tertiary/aromatic N) is 2. The quantitative estimate of drug-likeness (QED) is 0.672. The number of rotatable bonds is 6. The molecule has 31 heavy (non-hydrogen) atoms.